The monoisotopic (exact) mass is 437 g/mol. The lowest BCUT2D eigenvalue weighted by molar-refractivity contribution is -0.122. The van der Waals surface area contributed by atoms with Gasteiger partial charge >= 0.3 is 0 Å². The fourth-order valence-corrected chi connectivity index (χ4v) is 4.54. The van der Waals surface area contributed by atoms with Crippen molar-refractivity contribution >= 4 is 35.0 Å². The Labute approximate surface area is 188 Å². The molecule has 2 amide bonds. The fourth-order valence-electron chi connectivity index (χ4n) is 4.54. The number of likely N-dealkylation sites (N-methyl/N-ethyl adjacent to an activating group) is 1. The van der Waals surface area contributed by atoms with E-state index in [2.05, 4.69) is 30.8 Å². The van der Waals surface area contributed by atoms with Crippen molar-refractivity contribution in [1.29, 1.82) is 0 Å². The highest BCUT2D eigenvalue weighted by atomic mass is 16.2. The van der Waals surface area contributed by atoms with Gasteiger partial charge < -0.3 is 26.6 Å². The van der Waals surface area contributed by atoms with Crippen molar-refractivity contribution in [3.63, 3.8) is 0 Å². The van der Waals surface area contributed by atoms with E-state index in [0.717, 1.165) is 50.0 Å². The Morgan fingerprint density at radius 3 is 2.47 bits per heavy atom. The van der Waals surface area contributed by atoms with Crippen molar-refractivity contribution in [3.05, 3.63) is 36.0 Å². The second-order valence-electron chi connectivity index (χ2n) is 8.44. The number of nitrogens with one attached hydrogen (secondary N) is 3. The third-order valence-electron chi connectivity index (χ3n) is 6.26. The number of nitrogens with zero attached hydrogens (tertiary/aromatic N) is 3. The summed E-state index contributed by atoms with van der Waals surface area (Å²) in [4.78, 5) is 35.0. The molecule has 0 radical (unpaired) electrons. The quantitative estimate of drug-likeness (QED) is 0.525. The van der Waals surface area contributed by atoms with Gasteiger partial charge in [-0.2, -0.15) is 4.98 Å². The van der Waals surface area contributed by atoms with Crippen molar-refractivity contribution in [1.82, 2.24) is 15.3 Å². The van der Waals surface area contributed by atoms with E-state index in [0.29, 0.717) is 23.4 Å². The molecule has 1 atom stereocenters. The van der Waals surface area contributed by atoms with E-state index in [1.54, 1.807) is 7.05 Å². The first-order chi connectivity index (χ1) is 15.5. The van der Waals surface area contributed by atoms with Crippen LogP contribution >= 0.6 is 0 Å². The first-order valence-corrected chi connectivity index (χ1v) is 11.3. The van der Waals surface area contributed by atoms with Crippen molar-refractivity contribution < 1.29 is 9.59 Å². The number of benzene rings is 1. The molecule has 9 heteroatoms. The minimum absolute atomic E-state index is 0.0529. The SMILES string of the molecule is CNC(=O)C1CCCCN1c1ccc(Nc2ncc(C(N)=O)c(NC3CCCC3)n2)cc1. The van der Waals surface area contributed by atoms with Crippen LogP contribution in [0.3, 0.4) is 0 Å². The number of nitrogens with two attached hydrogens (primary N) is 1. The average Bonchev–Trinajstić information content (AvgIpc) is 3.32. The summed E-state index contributed by atoms with van der Waals surface area (Å²) in [6.45, 7) is 0.860. The van der Waals surface area contributed by atoms with E-state index < -0.39 is 5.91 Å². The molecule has 1 saturated heterocycles. The Hall–Kier alpha value is -3.36. The lowest BCUT2D eigenvalue weighted by Crippen LogP contribution is -2.48. The number of carbonyl (C=O) groups excluding carboxylic acids is 2. The van der Waals surface area contributed by atoms with Gasteiger partial charge in [0.05, 0.1) is 5.56 Å². The Morgan fingerprint density at radius 2 is 1.78 bits per heavy atom. The number of hydrogen-bond acceptors (Lipinski definition) is 7. The molecular weight excluding hydrogens is 406 g/mol. The number of anilines is 4. The topological polar surface area (TPSA) is 125 Å². The molecule has 1 aromatic heterocycles. The lowest BCUT2D eigenvalue weighted by Gasteiger charge is -2.36. The van der Waals surface area contributed by atoms with Crippen molar-refractivity contribution in [2.75, 3.05) is 29.1 Å². The molecule has 32 heavy (non-hydrogen) atoms. The first-order valence-electron chi connectivity index (χ1n) is 11.3. The summed E-state index contributed by atoms with van der Waals surface area (Å²) in [7, 11) is 1.68. The molecule has 4 rings (SSSR count). The first kappa shape index (κ1) is 21.9. The third kappa shape index (κ3) is 4.92. The fraction of sp³-hybridized carbons (Fsp3) is 0.478. The van der Waals surface area contributed by atoms with Crippen molar-refractivity contribution in [2.24, 2.45) is 5.73 Å². The Bertz CT molecular complexity index is 957. The maximum absolute atomic E-state index is 12.3. The number of hydrogen-bond donors (Lipinski definition) is 4. The number of aromatic nitrogens is 2. The Kier molecular flexibility index (Phi) is 6.72. The predicted octanol–water partition coefficient (Wildman–Crippen LogP) is 2.78. The van der Waals surface area contributed by atoms with Crippen LogP contribution in [0.2, 0.25) is 0 Å². The summed E-state index contributed by atoms with van der Waals surface area (Å²) in [6.07, 6.45) is 8.91. The van der Waals surface area contributed by atoms with Crippen LogP contribution < -0.4 is 26.6 Å². The third-order valence-corrected chi connectivity index (χ3v) is 6.26. The van der Waals surface area contributed by atoms with Gasteiger partial charge in [0.15, 0.2) is 0 Å². The van der Waals surface area contributed by atoms with E-state index in [1.807, 2.05) is 24.3 Å². The van der Waals surface area contributed by atoms with E-state index in [1.165, 1.54) is 19.0 Å². The van der Waals surface area contributed by atoms with Gasteiger partial charge in [-0.3, -0.25) is 9.59 Å². The highest BCUT2D eigenvalue weighted by molar-refractivity contribution is 5.97. The second-order valence-corrected chi connectivity index (χ2v) is 8.44. The van der Waals surface area contributed by atoms with E-state index in [-0.39, 0.29) is 11.9 Å². The largest absolute Gasteiger partial charge is 0.367 e. The molecule has 1 saturated carbocycles. The summed E-state index contributed by atoms with van der Waals surface area (Å²) in [6, 6.07) is 8.05. The van der Waals surface area contributed by atoms with Crippen LogP contribution in [0.5, 0.6) is 0 Å². The van der Waals surface area contributed by atoms with Crippen LogP contribution in [0.15, 0.2) is 30.5 Å². The molecule has 2 heterocycles. The molecule has 0 bridgehead atoms. The zero-order valence-corrected chi connectivity index (χ0v) is 18.4. The summed E-state index contributed by atoms with van der Waals surface area (Å²) in [5, 5.41) is 9.33. The Balaban J connectivity index is 1.49. The number of rotatable bonds is 7. The molecule has 2 aromatic rings. The maximum Gasteiger partial charge on any atom is 0.254 e. The van der Waals surface area contributed by atoms with Crippen LogP contribution in [-0.2, 0) is 4.79 Å². The van der Waals surface area contributed by atoms with Gasteiger partial charge in [-0.15, -0.1) is 0 Å². The van der Waals surface area contributed by atoms with Gasteiger partial charge in [0, 0.05) is 37.2 Å². The van der Waals surface area contributed by atoms with Gasteiger partial charge in [-0.1, -0.05) is 12.8 Å². The van der Waals surface area contributed by atoms with Crippen molar-refractivity contribution in [2.45, 2.75) is 57.0 Å². The molecule has 2 aliphatic rings. The van der Waals surface area contributed by atoms with Crippen LogP contribution in [0, 0.1) is 0 Å². The van der Waals surface area contributed by atoms with Gasteiger partial charge in [0.25, 0.3) is 5.91 Å². The molecule has 1 aliphatic carbocycles. The van der Waals surface area contributed by atoms with Crippen LogP contribution in [0.4, 0.5) is 23.1 Å². The van der Waals surface area contributed by atoms with Crippen molar-refractivity contribution in [3.8, 4) is 0 Å². The second kappa shape index (κ2) is 9.84. The standard InChI is InChI=1S/C23H31N7O2/c1-25-22(32)19-8-4-5-13-30(19)17-11-9-16(10-12-17)28-23-26-14-18(20(24)31)21(29-23)27-15-6-2-3-7-15/h9-12,14-15,19H,2-8,13H2,1H3,(H2,24,31)(H,25,32)(H2,26,27,28,29). The van der Waals surface area contributed by atoms with E-state index in [9.17, 15) is 9.59 Å². The zero-order chi connectivity index (χ0) is 22.5. The number of carbonyl (C=O) groups is 2. The zero-order valence-electron chi connectivity index (χ0n) is 18.4. The lowest BCUT2D eigenvalue weighted by atomic mass is 10.0. The number of amides is 2. The molecular formula is C23H31N7O2. The molecule has 5 N–H and O–H groups in total. The normalized spacial score (nSPS) is 18.9. The van der Waals surface area contributed by atoms with E-state index >= 15 is 0 Å². The minimum Gasteiger partial charge on any atom is -0.367 e. The van der Waals surface area contributed by atoms with E-state index in [4.69, 9.17) is 5.73 Å². The highest BCUT2D eigenvalue weighted by Gasteiger charge is 2.28. The smallest absolute Gasteiger partial charge is 0.254 e. The summed E-state index contributed by atoms with van der Waals surface area (Å²) >= 11 is 0. The molecule has 2 fully saturated rings. The summed E-state index contributed by atoms with van der Waals surface area (Å²) < 4.78 is 0. The number of primary amides is 1. The van der Waals surface area contributed by atoms with Gasteiger partial charge in [-0.05, 0) is 56.4 Å². The molecule has 1 unspecified atom stereocenters. The van der Waals surface area contributed by atoms with Gasteiger partial charge in [0.2, 0.25) is 11.9 Å². The number of piperidine rings is 1. The van der Waals surface area contributed by atoms with Crippen LogP contribution in [-0.4, -0.2) is 47.5 Å². The summed E-state index contributed by atoms with van der Waals surface area (Å²) in [5.74, 6) is 0.371. The van der Waals surface area contributed by atoms with Crippen LogP contribution in [0.1, 0.15) is 55.3 Å². The average molecular weight is 438 g/mol. The maximum atomic E-state index is 12.3. The minimum atomic E-state index is -0.548. The highest BCUT2D eigenvalue weighted by Crippen LogP contribution is 2.28. The molecule has 9 nitrogen and oxygen atoms in total. The molecule has 170 valence electrons. The van der Waals surface area contributed by atoms with Gasteiger partial charge in [0.1, 0.15) is 11.9 Å². The van der Waals surface area contributed by atoms with Crippen LogP contribution in [0.25, 0.3) is 0 Å². The van der Waals surface area contributed by atoms with Gasteiger partial charge in [-0.25, -0.2) is 4.98 Å². The Morgan fingerprint density at radius 1 is 1.06 bits per heavy atom. The predicted molar refractivity (Wildman–Crippen MR) is 125 cm³/mol. The molecule has 1 aliphatic heterocycles. The summed E-state index contributed by atoms with van der Waals surface area (Å²) in [5.41, 5.74) is 7.64. The molecule has 1 aromatic carbocycles. The molecule has 0 spiro atoms.